The van der Waals surface area contributed by atoms with Crippen molar-refractivity contribution in [3.05, 3.63) is 53.1 Å². The third-order valence-corrected chi connectivity index (χ3v) is 4.52. The van der Waals surface area contributed by atoms with Crippen LogP contribution >= 0.6 is 11.6 Å². The number of nitrogens with two attached hydrogens (primary N) is 1. The summed E-state index contributed by atoms with van der Waals surface area (Å²) in [6.07, 6.45) is -0.286. The molecule has 2 aromatic rings. The van der Waals surface area contributed by atoms with E-state index in [4.69, 9.17) is 31.5 Å². The highest BCUT2D eigenvalue weighted by atomic mass is 35.5. The molecule has 0 spiro atoms. The maximum atomic E-state index is 12.6. The molecule has 0 radical (unpaired) electrons. The average Bonchev–Trinajstić information content (AvgIpc) is 2.69. The zero-order valence-electron chi connectivity index (χ0n) is 15.4. The number of likely N-dealkylation sites (N-methyl/N-ethyl adjacent to an activating group) is 1. The molecule has 0 fully saturated rings. The van der Waals surface area contributed by atoms with Gasteiger partial charge in [-0.3, -0.25) is 9.59 Å². The molecule has 1 heterocycles. The van der Waals surface area contributed by atoms with Crippen LogP contribution in [0.4, 0.5) is 0 Å². The second-order valence-electron chi connectivity index (χ2n) is 6.22. The van der Waals surface area contributed by atoms with Gasteiger partial charge in [-0.25, -0.2) is 0 Å². The topological polar surface area (TPSA) is 91.1 Å². The summed E-state index contributed by atoms with van der Waals surface area (Å²) in [5.74, 6) is 0.619. The van der Waals surface area contributed by atoms with E-state index in [-0.39, 0.29) is 29.9 Å². The number of benzene rings is 2. The number of halogens is 1. The number of nitrogens with zero attached hydrogens (tertiary/aromatic N) is 1. The predicted octanol–water partition coefficient (Wildman–Crippen LogP) is 2.51. The molecule has 2 amide bonds. The van der Waals surface area contributed by atoms with Crippen LogP contribution in [0.1, 0.15) is 17.3 Å². The summed E-state index contributed by atoms with van der Waals surface area (Å²) in [6, 6.07) is 11.9. The summed E-state index contributed by atoms with van der Waals surface area (Å²) in [4.78, 5) is 25.7. The Morgan fingerprint density at radius 2 is 2.00 bits per heavy atom. The van der Waals surface area contributed by atoms with Crippen LogP contribution in [-0.4, -0.2) is 49.1 Å². The summed E-state index contributed by atoms with van der Waals surface area (Å²) in [6.45, 7) is 2.79. The Bertz CT molecular complexity index is 873. The van der Waals surface area contributed by atoms with Crippen LogP contribution in [0.5, 0.6) is 17.2 Å². The summed E-state index contributed by atoms with van der Waals surface area (Å²) in [5.41, 5.74) is 5.50. The number of carbonyl (C=O) groups is 2. The Balaban J connectivity index is 1.60. The first-order valence-corrected chi connectivity index (χ1v) is 9.24. The highest BCUT2D eigenvalue weighted by Crippen LogP contribution is 2.31. The summed E-state index contributed by atoms with van der Waals surface area (Å²) < 4.78 is 17.1. The number of rotatable bonds is 7. The molecular formula is C20H21ClN2O5. The Kier molecular flexibility index (Phi) is 6.26. The molecule has 2 aromatic carbocycles. The van der Waals surface area contributed by atoms with Crippen LogP contribution in [-0.2, 0) is 4.79 Å². The van der Waals surface area contributed by atoms with Gasteiger partial charge in [-0.15, -0.1) is 0 Å². The normalized spacial score (nSPS) is 15.0. The van der Waals surface area contributed by atoms with Crippen LogP contribution in [0.2, 0.25) is 5.02 Å². The minimum absolute atomic E-state index is 0.167. The van der Waals surface area contributed by atoms with Gasteiger partial charge < -0.3 is 24.8 Å². The van der Waals surface area contributed by atoms with Gasteiger partial charge in [-0.05, 0) is 37.3 Å². The van der Waals surface area contributed by atoms with E-state index < -0.39 is 5.91 Å². The van der Waals surface area contributed by atoms with Crippen molar-refractivity contribution < 1.29 is 23.8 Å². The fraction of sp³-hybridized carbons (Fsp3) is 0.300. The SMILES string of the molecule is CCN(CC1COc2ccccc2O1)C(=O)COc1cc(Cl)ccc1C(N)=O. The van der Waals surface area contributed by atoms with Crippen LogP contribution in [0.3, 0.4) is 0 Å². The van der Waals surface area contributed by atoms with Gasteiger partial charge in [0.25, 0.3) is 11.8 Å². The van der Waals surface area contributed by atoms with Gasteiger partial charge in [0.15, 0.2) is 24.2 Å². The monoisotopic (exact) mass is 404 g/mol. The van der Waals surface area contributed by atoms with E-state index in [9.17, 15) is 9.59 Å². The smallest absolute Gasteiger partial charge is 0.260 e. The molecule has 0 saturated heterocycles. The largest absolute Gasteiger partial charge is 0.486 e. The zero-order chi connectivity index (χ0) is 20.1. The number of ether oxygens (including phenoxy) is 3. The van der Waals surface area contributed by atoms with Crippen molar-refractivity contribution >= 4 is 23.4 Å². The fourth-order valence-electron chi connectivity index (χ4n) is 2.86. The van der Waals surface area contributed by atoms with Crippen molar-refractivity contribution in [1.82, 2.24) is 4.90 Å². The number of fused-ring (bicyclic) bond motifs is 1. The minimum Gasteiger partial charge on any atom is -0.486 e. The Morgan fingerprint density at radius 1 is 1.25 bits per heavy atom. The summed E-state index contributed by atoms with van der Waals surface area (Å²) >= 11 is 5.94. The Labute approximate surface area is 167 Å². The van der Waals surface area contributed by atoms with E-state index in [0.29, 0.717) is 36.2 Å². The number of amides is 2. The quantitative estimate of drug-likeness (QED) is 0.765. The molecule has 1 aliphatic heterocycles. The number of primary amides is 1. The van der Waals surface area contributed by atoms with Crippen molar-refractivity contribution in [3.8, 4) is 17.2 Å². The molecule has 28 heavy (non-hydrogen) atoms. The van der Waals surface area contributed by atoms with Crippen LogP contribution in [0.15, 0.2) is 42.5 Å². The van der Waals surface area contributed by atoms with Crippen LogP contribution in [0.25, 0.3) is 0 Å². The lowest BCUT2D eigenvalue weighted by Gasteiger charge is -2.30. The molecule has 0 bridgehead atoms. The Hall–Kier alpha value is -2.93. The second-order valence-corrected chi connectivity index (χ2v) is 6.66. The Morgan fingerprint density at radius 3 is 2.71 bits per heavy atom. The van der Waals surface area contributed by atoms with Gasteiger partial charge in [-0.1, -0.05) is 23.7 Å². The number of hydrogen-bond donors (Lipinski definition) is 1. The average molecular weight is 405 g/mol. The van der Waals surface area contributed by atoms with E-state index >= 15 is 0 Å². The fourth-order valence-corrected chi connectivity index (χ4v) is 3.02. The van der Waals surface area contributed by atoms with Crippen LogP contribution in [0, 0.1) is 0 Å². The maximum absolute atomic E-state index is 12.6. The van der Waals surface area contributed by atoms with Gasteiger partial charge in [0.1, 0.15) is 12.4 Å². The van der Waals surface area contributed by atoms with E-state index in [2.05, 4.69) is 0 Å². The first kappa shape index (κ1) is 19.8. The van der Waals surface area contributed by atoms with E-state index in [1.807, 2.05) is 31.2 Å². The third-order valence-electron chi connectivity index (χ3n) is 4.29. The van der Waals surface area contributed by atoms with Crippen molar-refractivity contribution in [3.63, 3.8) is 0 Å². The third kappa shape index (κ3) is 4.67. The first-order chi connectivity index (χ1) is 13.5. The van der Waals surface area contributed by atoms with Crippen molar-refractivity contribution in [1.29, 1.82) is 0 Å². The highest BCUT2D eigenvalue weighted by Gasteiger charge is 2.25. The summed E-state index contributed by atoms with van der Waals surface area (Å²) in [5, 5.41) is 0.381. The second kappa shape index (κ2) is 8.84. The molecule has 2 N–H and O–H groups in total. The summed E-state index contributed by atoms with van der Waals surface area (Å²) in [7, 11) is 0. The van der Waals surface area contributed by atoms with Gasteiger partial charge in [0.2, 0.25) is 0 Å². The van der Waals surface area contributed by atoms with Gasteiger partial charge in [0, 0.05) is 11.6 Å². The number of para-hydroxylation sites is 2. The molecule has 0 saturated carbocycles. The van der Waals surface area contributed by atoms with Gasteiger partial charge in [-0.2, -0.15) is 0 Å². The number of hydrogen-bond acceptors (Lipinski definition) is 5. The molecule has 0 aromatic heterocycles. The molecule has 7 nitrogen and oxygen atoms in total. The lowest BCUT2D eigenvalue weighted by molar-refractivity contribution is -0.134. The molecule has 1 aliphatic rings. The standard InChI is InChI=1S/C20H21ClN2O5/c1-2-23(10-14-11-26-16-5-3-4-6-17(16)28-14)19(24)12-27-18-9-13(21)7-8-15(18)20(22)25/h3-9,14H,2,10-12H2,1H3,(H2,22,25). The molecular weight excluding hydrogens is 384 g/mol. The number of carbonyl (C=O) groups excluding carboxylic acids is 2. The molecule has 8 heteroatoms. The lowest BCUT2D eigenvalue weighted by Crippen LogP contribution is -2.45. The predicted molar refractivity (Wildman–Crippen MR) is 104 cm³/mol. The van der Waals surface area contributed by atoms with Crippen molar-refractivity contribution in [2.24, 2.45) is 5.73 Å². The van der Waals surface area contributed by atoms with E-state index in [1.54, 1.807) is 4.90 Å². The zero-order valence-corrected chi connectivity index (χ0v) is 16.1. The molecule has 1 unspecified atom stereocenters. The molecule has 3 rings (SSSR count). The van der Waals surface area contributed by atoms with E-state index in [1.165, 1.54) is 18.2 Å². The van der Waals surface area contributed by atoms with Crippen molar-refractivity contribution in [2.75, 3.05) is 26.3 Å². The molecule has 148 valence electrons. The minimum atomic E-state index is -0.655. The van der Waals surface area contributed by atoms with Crippen LogP contribution < -0.4 is 19.9 Å². The van der Waals surface area contributed by atoms with Gasteiger partial charge in [0.05, 0.1) is 12.1 Å². The maximum Gasteiger partial charge on any atom is 0.260 e. The molecule has 1 atom stereocenters. The first-order valence-electron chi connectivity index (χ1n) is 8.86. The lowest BCUT2D eigenvalue weighted by atomic mass is 10.2. The van der Waals surface area contributed by atoms with Gasteiger partial charge >= 0.3 is 0 Å². The van der Waals surface area contributed by atoms with Crippen molar-refractivity contribution in [2.45, 2.75) is 13.0 Å². The molecule has 0 aliphatic carbocycles. The highest BCUT2D eigenvalue weighted by molar-refractivity contribution is 6.30. The van der Waals surface area contributed by atoms with E-state index in [0.717, 1.165) is 0 Å².